The molecule has 90 valence electrons. The van der Waals surface area contributed by atoms with Gasteiger partial charge in [-0.25, -0.2) is 4.98 Å². The largest absolute Gasteiger partial charge is 0.342 e. The lowest BCUT2D eigenvalue weighted by atomic mass is 9.88. The van der Waals surface area contributed by atoms with Gasteiger partial charge in [-0.05, 0) is 49.3 Å². The van der Waals surface area contributed by atoms with E-state index in [0.717, 1.165) is 28.7 Å². The van der Waals surface area contributed by atoms with Gasteiger partial charge in [0.2, 0.25) is 0 Å². The molecule has 2 aliphatic rings. The second-order valence-corrected chi connectivity index (χ2v) is 5.75. The Morgan fingerprint density at radius 2 is 2.22 bits per heavy atom. The highest BCUT2D eigenvalue weighted by molar-refractivity contribution is 5.76. The molecule has 3 nitrogen and oxygen atoms in total. The van der Waals surface area contributed by atoms with Gasteiger partial charge in [-0.1, -0.05) is 6.42 Å². The molecule has 18 heavy (non-hydrogen) atoms. The molecule has 0 saturated heterocycles. The number of aromatic nitrogens is 2. The molecule has 3 atom stereocenters. The smallest absolute Gasteiger partial charge is 0.110 e. The van der Waals surface area contributed by atoms with Crippen molar-refractivity contribution in [3.8, 4) is 6.07 Å². The SMILES string of the molecule is N#Cc1ccc2nc(C3CC4CCC3C4)[nH]c2c1. The van der Waals surface area contributed by atoms with E-state index in [1.54, 1.807) is 0 Å². The molecule has 3 unspecified atom stereocenters. The van der Waals surface area contributed by atoms with Gasteiger partial charge in [-0.3, -0.25) is 0 Å². The molecule has 2 fully saturated rings. The number of nitrogens with zero attached hydrogens (tertiary/aromatic N) is 2. The fourth-order valence-electron chi connectivity index (χ4n) is 3.85. The Bertz CT molecular complexity index is 649. The molecule has 2 aliphatic carbocycles. The number of nitrogens with one attached hydrogen (secondary N) is 1. The minimum atomic E-state index is 0.627. The molecule has 0 radical (unpaired) electrons. The van der Waals surface area contributed by atoms with Crippen LogP contribution in [0.2, 0.25) is 0 Å². The molecule has 1 aromatic heterocycles. The molecule has 1 N–H and O–H groups in total. The number of hydrogen-bond donors (Lipinski definition) is 1. The van der Waals surface area contributed by atoms with Crippen LogP contribution in [-0.2, 0) is 0 Å². The average Bonchev–Trinajstić information content (AvgIpc) is 3.11. The predicted octanol–water partition coefficient (Wildman–Crippen LogP) is 3.34. The molecule has 1 aromatic carbocycles. The minimum absolute atomic E-state index is 0.627. The highest BCUT2D eigenvalue weighted by atomic mass is 14.9. The van der Waals surface area contributed by atoms with Crippen molar-refractivity contribution < 1.29 is 0 Å². The van der Waals surface area contributed by atoms with Crippen LogP contribution in [0, 0.1) is 23.2 Å². The van der Waals surface area contributed by atoms with Gasteiger partial charge >= 0.3 is 0 Å². The van der Waals surface area contributed by atoms with Gasteiger partial charge in [0.15, 0.2) is 0 Å². The number of aromatic amines is 1. The van der Waals surface area contributed by atoms with Crippen LogP contribution in [0.4, 0.5) is 0 Å². The molecule has 1 heterocycles. The number of rotatable bonds is 1. The summed E-state index contributed by atoms with van der Waals surface area (Å²) in [4.78, 5) is 8.16. The maximum absolute atomic E-state index is 8.92. The first-order chi connectivity index (χ1) is 8.83. The summed E-state index contributed by atoms with van der Waals surface area (Å²) in [5.41, 5.74) is 2.70. The van der Waals surface area contributed by atoms with Crippen molar-refractivity contribution in [1.29, 1.82) is 5.26 Å². The van der Waals surface area contributed by atoms with Crippen molar-refractivity contribution in [3.05, 3.63) is 29.6 Å². The summed E-state index contributed by atoms with van der Waals surface area (Å²) in [6.45, 7) is 0. The predicted molar refractivity (Wildman–Crippen MR) is 69.0 cm³/mol. The lowest BCUT2D eigenvalue weighted by Gasteiger charge is -2.18. The van der Waals surface area contributed by atoms with Crippen molar-refractivity contribution in [2.45, 2.75) is 31.6 Å². The fourth-order valence-corrected chi connectivity index (χ4v) is 3.85. The van der Waals surface area contributed by atoms with Crippen LogP contribution < -0.4 is 0 Å². The Kier molecular flexibility index (Phi) is 2.02. The Morgan fingerprint density at radius 3 is 2.94 bits per heavy atom. The first-order valence-corrected chi connectivity index (χ1v) is 6.73. The van der Waals surface area contributed by atoms with Crippen LogP contribution in [0.5, 0.6) is 0 Å². The van der Waals surface area contributed by atoms with Crippen LogP contribution in [0.25, 0.3) is 11.0 Å². The normalized spacial score (nSPS) is 29.8. The molecule has 0 spiro atoms. The van der Waals surface area contributed by atoms with Crippen LogP contribution in [-0.4, -0.2) is 9.97 Å². The summed E-state index contributed by atoms with van der Waals surface area (Å²) < 4.78 is 0. The fraction of sp³-hybridized carbons (Fsp3) is 0.467. The zero-order valence-electron chi connectivity index (χ0n) is 10.2. The molecule has 2 aromatic rings. The zero-order chi connectivity index (χ0) is 12.1. The zero-order valence-corrected chi connectivity index (χ0v) is 10.2. The monoisotopic (exact) mass is 237 g/mol. The number of benzene rings is 1. The van der Waals surface area contributed by atoms with E-state index in [4.69, 9.17) is 10.2 Å². The van der Waals surface area contributed by atoms with Crippen LogP contribution in [0.1, 0.15) is 43.0 Å². The molecule has 0 amide bonds. The molecule has 2 saturated carbocycles. The minimum Gasteiger partial charge on any atom is -0.342 e. The van der Waals surface area contributed by atoms with E-state index < -0.39 is 0 Å². The molecular weight excluding hydrogens is 222 g/mol. The quantitative estimate of drug-likeness (QED) is 0.827. The molecule has 4 rings (SSSR count). The summed E-state index contributed by atoms with van der Waals surface area (Å²) in [7, 11) is 0. The number of imidazole rings is 1. The third-order valence-electron chi connectivity index (χ3n) is 4.72. The van der Waals surface area contributed by atoms with Gasteiger partial charge in [0.25, 0.3) is 0 Å². The van der Waals surface area contributed by atoms with Crippen LogP contribution >= 0.6 is 0 Å². The molecule has 3 heteroatoms. The lowest BCUT2D eigenvalue weighted by molar-refractivity contribution is 0.408. The maximum atomic E-state index is 8.92. The van der Waals surface area contributed by atoms with Crippen molar-refractivity contribution in [2.75, 3.05) is 0 Å². The number of nitriles is 1. The summed E-state index contributed by atoms with van der Waals surface area (Å²) in [5.74, 6) is 3.54. The van der Waals surface area contributed by atoms with Crippen molar-refractivity contribution >= 4 is 11.0 Å². The summed E-state index contributed by atoms with van der Waals surface area (Å²) in [5, 5.41) is 8.92. The van der Waals surface area contributed by atoms with Gasteiger partial charge in [0, 0.05) is 5.92 Å². The second-order valence-electron chi connectivity index (χ2n) is 5.75. The van der Waals surface area contributed by atoms with E-state index in [0.29, 0.717) is 11.5 Å². The molecule has 0 aliphatic heterocycles. The van der Waals surface area contributed by atoms with Crippen molar-refractivity contribution in [2.24, 2.45) is 11.8 Å². The molecular formula is C15H15N3. The summed E-state index contributed by atoms with van der Waals surface area (Å²) >= 11 is 0. The van der Waals surface area contributed by atoms with E-state index in [1.165, 1.54) is 25.7 Å². The Balaban J connectivity index is 1.76. The van der Waals surface area contributed by atoms with E-state index in [9.17, 15) is 0 Å². The van der Waals surface area contributed by atoms with Crippen LogP contribution in [0.3, 0.4) is 0 Å². The van der Waals surface area contributed by atoms with Gasteiger partial charge in [0.1, 0.15) is 5.82 Å². The number of hydrogen-bond acceptors (Lipinski definition) is 2. The molecule has 2 bridgehead atoms. The highest BCUT2D eigenvalue weighted by Crippen LogP contribution is 2.52. The van der Waals surface area contributed by atoms with E-state index in [2.05, 4.69) is 11.1 Å². The Morgan fingerprint density at radius 1 is 1.28 bits per heavy atom. The Hall–Kier alpha value is -1.82. The number of fused-ring (bicyclic) bond motifs is 3. The van der Waals surface area contributed by atoms with Gasteiger partial charge in [0.05, 0.1) is 22.7 Å². The standard InChI is InChI=1S/C15H15N3/c16-8-10-2-4-13-14(7-10)18-15(17-13)12-6-9-1-3-11(12)5-9/h2,4,7,9,11-12H,1,3,5-6H2,(H,17,18). The van der Waals surface area contributed by atoms with Crippen molar-refractivity contribution in [1.82, 2.24) is 9.97 Å². The van der Waals surface area contributed by atoms with E-state index in [1.807, 2.05) is 18.2 Å². The third kappa shape index (κ3) is 1.38. The average molecular weight is 237 g/mol. The van der Waals surface area contributed by atoms with E-state index in [-0.39, 0.29) is 0 Å². The topological polar surface area (TPSA) is 52.5 Å². The summed E-state index contributed by atoms with van der Waals surface area (Å²) in [6.07, 6.45) is 5.48. The first kappa shape index (κ1) is 10.1. The number of H-pyrrole nitrogens is 1. The summed E-state index contributed by atoms with van der Waals surface area (Å²) in [6, 6.07) is 7.87. The van der Waals surface area contributed by atoms with Gasteiger partial charge in [-0.15, -0.1) is 0 Å². The Labute approximate surface area is 106 Å². The third-order valence-corrected chi connectivity index (χ3v) is 4.72. The van der Waals surface area contributed by atoms with Crippen LogP contribution in [0.15, 0.2) is 18.2 Å². The second kappa shape index (κ2) is 3.58. The van der Waals surface area contributed by atoms with Crippen molar-refractivity contribution in [3.63, 3.8) is 0 Å². The first-order valence-electron chi connectivity index (χ1n) is 6.73. The highest BCUT2D eigenvalue weighted by Gasteiger charge is 2.41. The lowest BCUT2D eigenvalue weighted by Crippen LogP contribution is -2.09. The maximum Gasteiger partial charge on any atom is 0.110 e. The van der Waals surface area contributed by atoms with Gasteiger partial charge < -0.3 is 4.98 Å². The van der Waals surface area contributed by atoms with Gasteiger partial charge in [-0.2, -0.15) is 5.26 Å². The van der Waals surface area contributed by atoms with E-state index >= 15 is 0 Å².